The molecule has 0 aliphatic heterocycles. The number of rotatable bonds is 2. The summed E-state index contributed by atoms with van der Waals surface area (Å²) in [6.07, 6.45) is -4.93. The highest BCUT2D eigenvalue weighted by Crippen LogP contribution is 2.15. The second kappa shape index (κ2) is 3.40. The highest BCUT2D eigenvalue weighted by molar-refractivity contribution is 5.75. The lowest BCUT2D eigenvalue weighted by atomic mass is 10.7. The first kappa shape index (κ1) is 9.22. The second-order valence-electron chi connectivity index (χ2n) is 1.34. The Balaban J connectivity index is 3.64. The van der Waals surface area contributed by atoms with E-state index in [1.165, 1.54) is 0 Å². The molecule has 0 aliphatic rings. The van der Waals surface area contributed by atoms with Crippen LogP contribution in [0, 0.1) is 0 Å². The minimum absolute atomic E-state index is 0.682. The first-order valence-corrected chi connectivity index (χ1v) is 2.21. The van der Waals surface area contributed by atoms with Crippen molar-refractivity contribution in [2.45, 2.75) is 6.18 Å². The van der Waals surface area contributed by atoms with E-state index in [9.17, 15) is 18.0 Å². The predicted octanol–water partition coefficient (Wildman–Crippen LogP) is 0.696. The van der Waals surface area contributed by atoms with Crippen molar-refractivity contribution in [3.8, 4) is 0 Å². The third-order valence-electron chi connectivity index (χ3n) is 0.539. The summed E-state index contributed by atoms with van der Waals surface area (Å²) >= 11 is 0. The van der Waals surface area contributed by atoms with Gasteiger partial charge >= 0.3 is 12.1 Å². The minimum Gasteiger partial charge on any atom is -0.432 e. The van der Waals surface area contributed by atoms with E-state index in [1.807, 2.05) is 0 Å². The van der Waals surface area contributed by atoms with Gasteiger partial charge in [-0.2, -0.15) is 13.2 Å². The molecule has 0 bridgehead atoms. The van der Waals surface area contributed by atoms with Gasteiger partial charge in [-0.3, -0.25) is 0 Å². The number of alkyl halides is 3. The molecule has 0 N–H and O–H groups in total. The van der Waals surface area contributed by atoms with Crippen molar-refractivity contribution in [3.63, 3.8) is 0 Å². The standard InChI is InChI=1S/C4H5F3O3/c1-9-2-10-3(8)4(5,6)7/h2H2,1H3. The summed E-state index contributed by atoms with van der Waals surface area (Å²) in [5.41, 5.74) is 0. The SMILES string of the molecule is COCOC(=O)C(F)(F)F. The molecule has 0 aliphatic carbocycles. The Morgan fingerprint density at radius 3 is 2.30 bits per heavy atom. The molecular formula is C4H5F3O3. The van der Waals surface area contributed by atoms with Crippen LogP contribution in [-0.2, 0) is 14.3 Å². The molecule has 0 radical (unpaired) electrons. The van der Waals surface area contributed by atoms with E-state index in [1.54, 1.807) is 0 Å². The normalized spacial score (nSPS) is 11.2. The van der Waals surface area contributed by atoms with Gasteiger partial charge in [0.1, 0.15) is 0 Å². The molecule has 0 amide bonds. The fourth-order valence-corrected chi connectivity index (χ4v) is 0.194. The van der Waals surface area contributed by atoms with Gasteiger partial charge in [0.05, 0.1) is 0 Å². The Kier molecular flexibility index (Phi) is 3.14. The van der Waals surface area contributed by atoms with E-state index < -0.39 is 18.9 Å². The maximum Gasteiger partial charge on any atom is 0.491 e. The van der Waals surface area contributed by atoms with Crippen molar-refractivity contribution in [1.29, 1.82) is 0 Å². The Bertz CT molecular complexity index is 119. The Morgan fingerprint density at radius 2 is 2.00 bits per heavy atom. The molecule has 0 spiro atoms. The molecule has 60 valence electrons. The van der Waals surface area contributed by atoms with Gasteiger partial charge in [0, 0.05) is 7.11 Å². The highest BCUT2D eigenvalue weighted by atomic mass is 19.4. The monoisotopic (exact) mass is 158 g/mol. The summed E-state index contributed by atoms with van der Waals surface area (Å²) in [5, 5.41) is 0. The smallest absolute Gasteiger partial charge is 0.432 e. The predicted molar refractivity (Wildman–Crippen MR) is 24.0 cm³/mol. The molecule has 0 aromatic heterocycles. The highest BCUT2D eigenvalue weighted by Gasteiger charge is 2.40. The van der Waals surface area contributed by atoms with Gasteiger partial charge in [0.25, 0.3) is 0 Å². The summed E-state index contributed by atoms with van der Waals surface area (Å²) in [7, 11) is 1.11. The van der Waals surface area contributed by atoms with Gasteiger partial charge in [-0.1, -0.05) is 0 Å². The quantitative estimate of drug-likeness (QED) is 0.438. The molecule has 0 fully saturated rings. The van der Waals surface area contributed by atoms with Crippen molar-refractivity contribution < 1.29 is 27.4 Å². The zero-order chi connectivity index (χ0) is 8.20. The maximum atomic E-state index is 11.2. The van der Waals surface area contributed by atoms with Crippen LogP contribution in [-0.4, -0.2) is 26.0 Å². The lowest BCUT2D eigenvalue weighted by Gasteiger charge is -2.04. The minimum atomic E-state index is -4.93. The number of hydrogen-bond donors (Lipinski definition) is 0. The van der Waals surface area contributed by atoms with Crippen molar-refractivity contribution in [1.82, 2.24) is 0 Å². The largest absolute Gasteiger partial charge is 0.491 e. The van der Waals surface area contributed by atoms with Crippen molar-refractivity contribution >= 4 is 5.97 Å². The van der Waals surface area contributed by atoms with Crippen LogP contribution in [0.1, 0.15) is 0 Å². The summed E-state index contributed by atoms with van der Waals surface area (Å²) in [5.74, 6) is -2.24. The molecule has 0 atom stereocenters. The first-order chi connectivity index (χ1) is 4.48. The van der Waals surface area contributed by atoms with Crippen LogP contribution in [0.4, 0.5) is 13.2 Å². The van der Waals surface area contributed by atoms with Crippen LogP contribution in [0.15, 0.2) is 0 Å². The zero-order valence-electron chi connectivity index (χ0n) is 5.07. The van der Waals surface area contributed by atoms with Gasteiger partial charge in [-0.15, -0.1) is 0 Å². The zero-order valence-corrected chi connectivity index (χ0v) is 5.07. The topological polar surface area (TPSA) is 35.5 Å². The average Bonchev–Trinajstić information content (AvgIpc) is 1.80. The van der Waals surface area contributed by atoms with Crippen LogP contribution in [0.5, 0.6) is 0 Å². The van der Waals surface area contributed by atoms with Gasteiger partial charge < -0.3 is 9.47 Å². The average molecular weight is 158 g/mol. The molecule has 0 saturated heterocycles. The lowest BCUT2D eigenvalue weighted by molar-refractivity contribution is -0.208. The summed E-state index contributed by atoms with van der Waals surface area (Å²) in [6, 6.07) is 0. The molecule has 10 heavy (non-hydrogen) atoms. The van der Waals surface area contributed by atoms with Crippen molar-refractivity contribution in [2.24, 2.45) is 0 Å². The van der Waals surface area contributed by atoms with Gasteiger partial charge in [0.2, 0.25) is 0 Å². The second-order valence-corrected chi connectivity index (χ2v) is 1.34. The van der Waals surface area contributed by atoms with E-state index in [-0.39, 0.29) is 0 Å². The van der Waals surface area contributed by atoms with Crippen LogP contribution in [0.3, 0.4) is 0 Å². The van der Waals surface area contributed by atoms with Gasteiger partial charge in [-0.05, 0) is 0 Å². The van der Waals surface area contributed by atoms with Gasteiger partial charge in [-0.25, -0.2) is 4.79 Å². The Hall–Kier alpha value is -0.780. The van der Waals surface area contributed by atoms with Crippen LogP contribution < -0.4 is 0 Å². The molecular weight excluding hydrogens is 153 g/mol. The van der Waals surface area contributed by atoms with Crippen LogP contribution >= 0.6 is 0 Å². The summed E-state index contributed by atoms with van der Waals surface area (Å²) < 4.78 is 41.4. The number of hydrogen-bond acceptors (Lipinski definition) is 3. The summed E-state index contributed by atoms with van der Waals surface area (Å²) in [6.45, 7) is -0.682. The molecule has 0 saturated carbocycles. The third kappa shape index (κ3) is 3.29. The lowest BCUT2D eigenvalue weighted by Crippen LogP contribution is -2.25. The number of carbonyl (C=O) groups is 1. The number of ether oxygens (including phenoxy) is 2. The number of carbonyl (C=O) groups excluding carboxylic acids is 1. The fraction of sp³-hybridized carbons (Fsp3) is 0.750. The number of methoxy groups -OCH3 is 1. The maximum absolute atomic E-state index is 11.2. The molecule has 0 unspecified atom stereocenters. The van der Waals surface area contributed by atoms with Gasteiger partial charge in [0.15, 0.2) is 6.79 Å². The van der Waals surface area contributed by atoms with Crippen molar-refractivity contribution in [2.75, 3.05) is 13.9 Å². The number of halogens is 3. The number of esters is 1. The van der Waals surface area contributed by atoms with Crippen LogP contribution in [0.25, 0.3) is 0 Å². The van der Waals surface area contributed by atoms with E-state index in [4.69, 9.17) is 0 Å². The fourth-order valence-electron chi connectivity index (χ4n) is 0.194. The Labute approximate surface area is 54.7 Å². The molecule has 0 aromatic carbocycles. The summed E-state index contributed by atoms with van der Waals surface area (Å²) in [4.78, 5) is 9.80. The van der Waals surface area contributed by atoms with E-state index in [2.05, 4.69) is 9.47 Å². The molecule has 0 heterocycles. The molecule has 0 rings (SSSR count). The molecule has 6 heteroatoms. The first-order valence-electron chi connectivity index (χ1n) is 2.21. The molecule has 3 nitrogen and oxygen atoms in total. The van der Waals surface area contributed by atoms with Crippen LogP contribution in [0.2, 0.25) is 0 Å². The molecule has 0 aromatic rings. The van der Waals surface area contributed by atoms with E-state index in [0.717, 1.165) is 7.11 Å². The van der Waals surface area contributed by atoms with E-state index >= 15 is 0 Å². The van der Waals surface area contributed by atoms with E-state index in [0.29, 0.717) is 0 Å². The Morgan fingerprint density at radius 1 is 1.50 bits per heavy atom. The van der Waals surface area contributed by atoms with Crippen molar-refractivity contribution in [3.05, 3.63) is 0 Å². The third-order valence-corrected chi connectivity index (χ3v) is 0.539.